The van der Waals surface area contributed by atoms with Crippen molar-refractivity contribution in [1.82, 2.24) is 5.32 Å². The number of nitrogens with two attached hydrogens (primary N) is 1. The summed E-state index contributed by atoms with van der Waals surface area (Å²) in [6.45, 7) is 1.82. The Morgan fingerprint density at radius 2 is 2.24 bits per heavy atom. The van der Waals surface area contributed by atoms with Gasteiger partial charge >= 0.3 is 0 Å². The molecule has 2 atom stereocenters. The molecular weight excluding hydrogens is 304 g/mol. The molecule has 1 aromatic carbocycles. The second-order valence-corrected chi connectivity index (χ2v) is 6.10. The van der Waals surface area contributed by atoms with Gasteiger partial charge in [-0.15, -0.1) is 0 Å². The Morgan fingerprint density at radius 3 is 2.82 bits per heavy atom. The molecule has 1 amide bonds. The second kappa shape index (κ2) is 6.16. The van der Waals surface area contributed by atoms with Crippen LogP contribution in [0.15, 0.2) is 22.7 Å². The van der Waals surface area contributed by atoms with E-state index < -0.39 is 10.8 Å². The van der Waals surface area contributed by atoms with Crippen LogP contribution in [0.1, 0.15) is 17.3 Å². The van der Waals surface area contributed by atoms with E-state index in [-0.39, 0.29) is 11.9 Å². The normalized spacial score (nSPS) is 14.1. The van der Waals surface area contributed by atoms with Gasteiger partial charge in [0.05, 0.1) is 10.0 Å². The molecule has 0 radical (unpaired) electrons. The summed E-state index contributed by atoms with van der Waals surface area (Å²) in [6.07, 6.45) is 1.61. The van der Waals surface area contributed by atoms with Crippen molar-refractivity contribution in [1.29, 1.82) is 0 Å². The van der Waals surface area contributed by atoms with E-state index in [1.54, 1.807) is 24.5 Å². The SMILES string of the molecule is CC(CS(C)=O)NC(=O)c1cccc(N)c1Br. The van der Waals surface area contributed by atoms with E-state index in [2.05, 4.69) is 21.2 Å². The molecule has 0 heterocycles. The van der Waals surface area contributed by atoms with E-state index in [0.29, 0.717) is 21.5 Å². The first-order valence-corrected chi connectivity index (χ1v) is 7.58. The highest BCUT2D eigenvalue weighted by Gasteiger charge is 2.14. The smallest absolute Gasteiger partial charge is 0.252 e. The predicted octanol–water partition coefficient (Wildman–Crippen LogP) is 1.53. The number of nitrogens with one attached hydrogen (secondary N) is 1. The lowest BCUT2D eigenvalue weighted by molar-refractivity contribution is 0.0943. The molecule has 0 aliphatic rings. The summed E-state index contributed by atoms with van der Waals surface area (Å²) in [5, 5.41) is 2.78. The molecule has 0 spiro atoms. The van der Waals surface area contributed by atoms with Crippen LogP contribution in [0.5, 0.6) is 0 Å². The summed E-state index contributed by atoms with van der Waals surface area (Å²) < 4.78 is 11.6. The maximum Gasteiger partial charge on any atom is 0.252 e. The van der Waals surface area contributed by atoms with Gasteiger partial charge in [-0.25, -0.2) is 0 Å². The number of anilines is 1. The van der Waals surface area contributed by atoms with Crippen LogP contribution in [-0.4, -0.2) is 28.2 Å². The molecule has 0 saturated heterocycles. The Balaban J connectivity index is 2.77. The number of rotatable bonds is 4. The van der Waals surface area contributed by atoms with Gasteiger partial charge in [0.25, 0.3) is 5.91 Å². The molecule has 2 unspecified atom stereocenters. The molecule has 0 aromatic heterocycles. The first kappa shape index (κ1) is 14.2. The molecule has 94 valence electrons. The van der Waals surface area contributed by atoms with Crippen molar-refractivity contribution >= 4 is 38.3 Å². The van der Waals surface area contributed by atoms with Gasteiger partial charge in [-0.2, -0.15) is 0 Å². The molecule has 3 N–H and O–H groups in total. The lowest BCUT2D eigenvalue weighted by Crippen LogP contribution is -2.36. The number of amides is 1. The van der Waals surface area contributed by atoms with Crippen LogP contribution in [0.4, 0.5) is 5.69 Å². The lowest BCUT2D eigenvalue weighted by Gasteiger charge is -2.13. The van der Waals surface area contributed by atoms with Gasteiger partial charge in [0.15, 0.2) is 0 Å². The zero-order valence-corrected chi connectivity index (χ0v) is 12.1. The van der Waals surface area contributed by atoms with Gasteiger partial charge in [0, 0.05) is 34.5 Å². The highest BCUT2D eigenvalue weighted by Crippen LogP contribution is 2.23. The van der Waals surface area contributed by atoms with Gasteiger partial charge in [0.1, 0.15) is 0 Å². The van der Waals surface area contributed by atoms with Crippen molar-refractivity contribution in [3.8, 4) is 0 Å². The monoisotopic (exact) mass is 318 g/mol. The molecule has 0 aliphatic carbocycles. The van der Waals surface area contributed by atoms with Crippen molar-refractivity contribution in [2.24, 2.45) is 0 Å². The predicted molar refractivity (Wildman–Crippen MR) is 74.4 cm³/mol. The van der Waals surface area contributed by atoms with Gasteiger partial charge in [0.2, 0.25) is 0 Å². The molecule has 1 aromatic rings. The Hall–Kier alpha value is -0.880. The van der Waals surface area contributed by atoms with Crippen LogP contribution < -0.4 is 11.1 Å². The average Bonchev–Trinajstić information content (AvgIpc) is 2.20. The third-order valence-corrected chi connectivity index (χ3v) is 3.99. The fraction of sp³-hybridized carbons (Fsp3) is 0.364. The first-order valence-electron chi connectivity index (χ1n) is 5.06. The van der Waals surface area contributed by atoms with Crippen molar-refractivity contribution in [2.45, 2.75) is 13.0 Å². The van der Waals surface area contributed by atoms with Crippen molar-refractivity contribution in [3.05, 3.63) is 28.2 Å². The summed E-state index contributed by atoms with van der Waals surface area (Å²) in [5.74, 6) is 0.216. The van der Waals surface area contributed by atoms with E-state index in [0.717, 1.165) is 0 Å². The zero-order chi connectivity index (χ0) is 13.0. The zero-order valence-electron chi connectivity index (χ0n) is 9.70. The Bertz CT molecular complexity index is 451. The van der Waals surface area contributed by atoms with E-state index in [4.69, 9.17) is 5.73 Å². The van der Waals surface area contributed by atoms with Crippen LogP contribution in [0, 0.1) is 0 Å². The van der Waals surface area contributed by atoms with Crippen LogP contribution in [0.3, 0.4) is 0 Å². The number of benzene rings is 1. The minimum absolute atomic E-state index is 0.137. The van der Waals surface area contributed by atoms with Crippen molar-refractivity contribution in [3.63, 3.8) is 0 Å². The standard InChI is InChI=1S/C11H15BrN2O2S/c1-7(6-17(2)16)14-11(15)8-4-3-5-9(13)10(8)12/h3-5,7H,6,13H2,1-2H3,(H,14,15). The maximum atomic E-state index is 11.9. The topological polar surface area (TPSA) is 72.2 Å². The van der Waals surface area contributed by atoms with E-state index in [9.17, 15) is 9.00 Å². The number of hydrogen-bond acceptors (Lipinski definition) is 3. The van der Waals surface area contributed by atoms with Gasteiger partial charge in [-0.05, 0) is 35.0 Å². The highest BCUT2D eigenvalue weighted by molar-refractivity contribution is 9.10. The summed E-state index contributed by atoms with van der Waals surface area (Å²) in [4.78, 5) is 11.9. The Morgan fingerprint density at radius 1 is 1.59 bits per heavy atom. The summed E-state index contributed by atoms with van der Waals surface area (Å²) in [5.41, 5.74) is 6.70. The summed E-state index contributed by atoms with van der Waals surface area (Å²) in [6, 6.07) is 4.98. The molecule has 1 rings (SSSR count). The number of halogens is 1. The largest absolute Gasteiger partial charge is 0.398 e. The van der Waals surface area contributed by atoms with Gasteiger partial charge in [-0.3, -0.25) is 9.00 Å². The molecule has 0 aliphatic heterocycles. The first-order chi connectivity index (χ1) is 7.91. The molecule has 0 fully saturated rings. The Labute approximate surface area is 112 Å². The fourth-order valence-corrected chi connectivity index (χ4v) is 2.65. The van der Waals surface area contributed by atoms with Crippen molar-refractivity contribution < 1.29 is 9.00 Å². The second-order valence-electron chi connectivity index (χ2n) is 3.82. The van der Waals surface area contributed by atoms with E-state index in [1.165, 1.54) is 0 Å². The quantitative estimate of drug-likeness (QED) is 0.827. The van der Waals surface area contributed by atoms with Crippen molar-refractivity contribution in [2.75, 3.05) is 17.7 Å². The van der Waals surface area contributed by atoms with Crippen LogP contribution >= 0.6 is 15.9 Å². The minimum Gasteiger partial charge on any atom is -0.398 e. The Kier molecular flexibility index (Phi) is 5.14. The summed E-state index contributed by atoms with van der Waals surface area (Å²) in [7, 11) is -0.929. The molecule has 6 heteroatoms. The maximum absolute atomic E-state index is 11.9. The van der Waals surface area contributed by atoms with Crippen LogP contribution in [-0.2, 0) is 10.8 Å². The van der Waals surface area contributed by atoms with Gasteiger partial charge < -0.3 is 11.1 Å². The highest BCUT2D eigenvalue weighted by atomic mass is 79.9. The third kappa shape index (κ3) is 4.12. The number of hydrogen-bond donors (Lipinski definition) is 2. The van der Waals surface area contributed by atoms with E-state index in [1.807, 2.05) is 6.92 Å². The minimum atomic E-state index is -0.929. The average molecular weight is 319 g/mol. The number of carbonyl (C=O) groups is 1. The van der Waals surface area contributed by atoms with Crippen LogP contribution in [0.25, 0.3) is 0 Å². The number of nitrogen functional groups attached to an aromatic ring is 1. The molecule has 0 bridgehead atoms. The fourth-order valence-electron chi connectivity index (χ4n) is 1.42. The molecule has 0 saturated carbocycles. The summed E-state index contributed by atoms with van der Waals surface area (Å²) >= 11 is 3.28. The number of carbonyl (C=O) groups excluding carboxylic acids is 1. The lowest BCUT2D eigenvalue weighted by atomic mass is 10.2. The van der Waals surface area contributed by atoms with Gasteiger partial charge in [-0.1, -0.05) is 6.07 Å². The molecular formula is C11H15BrN2O2S. The van der Waals surface area contributed by atoms with Crippen LogP contribution in [0.2, 0.25) is 0 Å². The third-order valence-electron chi connectivity index (χ3n) is 2.14. The molecule has 17 heavy (non-hydrogen) atoms. The van der Waals surface area contributed by atoms with E-state index >= 15 is 0 Å². The molecule has 4 nitrogen and oxygen atoms in total.